The van der Waals surface area contributed by atoms with Crippen LogP contribution in [-0.2, 0) is 19.0 Å². The summed E-state index contributed by atoms with van der Waals surface area (Å²) < 4.78 is 33.7. The van der Waals surface area contributed by atoms with Crippen molar-refractivity contribution < 1.29 is 32.7 Å². The number of hydrogen-bond acceptors (Lipinski definition) is 7. The summed E-state index contributed by atoms with van der Waals surface area (Å²) >= 11 is 0. The molecule has 20 heavy (non-hydrogen) atoms. The van der Waals surface area contributed by atoms with Gasteiger partial charge in [0.1, 0.15) is 18.3 Å². The van der Waals surface area contributed by atoms with E-state index in [1.54, 1.807) is 12.1 Å². The van der Waals surface area contributed by atoms with E-state index >= 15 is 0 Å². The van der Waals surface area contributed by atoms with Crippen molar-refractivity contribution in [3.05, 3.63) is 29.8 Å². The van der Waals surface area contributed by atoms with Crippen LogP contribution in [-0.4, -0.2) is 54.9 Å². The molecule has 1 heterocycles. The van der Waals surface area contributed by atoms with Crippen LogP contribution >= 0.6 is 0 Å². The van der Waals surface area contributed by atoms with Gasteiger partial charge in [-0.2, -0.15) is 8.42 Å². The molecule has 0 spiro atoms. The van der Waals surface area contributed by atoms with Gasteiger partial charge in [0, 0.05) is 0 Å². The first-order valence-electron chi connectivity index (χ1n) is 5.97. The number of aliphatic hydroxyl groups excluding tert-OH is 3. The Morgan fingerprint density at radius 3 is 2.30 bits per heavy atom. The van der Waals surface area contributed by atoms with Crippen molar-refractivity contribution in [2.45, 2.75) is 36.4 Å². The number of ether oxygens (including phenoxy) is 1. The molecule has 0 bridgehead atoms. The topological polar surface area (TPSA) is 113 Å². The predicted molar refractivity (Wildman–Crippen MR) is 67.2 cm³/mol. The molecule has 0 amide bonds. The van der Waals surface area contributed by atoms with E-state index in [1.165, 1.54) is 12.1 Å². The van der Waals surface area contributed by atoms with Crippen LogP contribution in [0.25, 0.3) is 0 Å². The molecule has 7 nitrogen and oxygen atoms in total. The average molecular weight is 304 g/mol. The lowest BCUT2D eigenvalue weighted by atomic mass is 10.1. The molecule has 1 fully saturated rings. The Balaban J connectivity index is 2.15. The highest BCUT2D eigenvalue weighted by atomic mass is 32.2. The van der Waals surface area contributed by atoms with E-state index in [0.717, 1.165) is 5.56 Å². The van der Waals surface area contributed by atoms with Crippen LogP contribution in [0.1, 0.15) is 5.56 Å². The number of benzene rings is 1. The molecule has 112 valence electrons. The van der Waals surface area contributed by atoms with Crippen LogP contribution in [0.2, 0.25) is 0 Å². The van der Waals surface area contributed by atoms with Gasteiger partial charge in [-0.25, -0.2) is 4.18 Å². The van der Waals surface area contributed by atoms with Crippen molar-refractivity contribution in [1.29, 1.82) is 0 Å². The van der Waals surface area contributed by atoms with Gasteiger partial charge in [-0.15, -0.1) is 0 Å². The normalized spacial score (nSPS) is 30.6. The van der Waals surface area contributed by atoms with Crippen molar-refractivity contribution >= 4 is 10.1 Å². The minimum absolute atomic E-state index is 0.0826. The zero-order valence-corrected chi connectivity index (χ0v) is 11.5. The van der Waals surface area contributed by atoms with Crippen LogP contribution in [0.3, 0.4) is 0 Å². The molecule has 8 heteroatoms. The number of aliphatic hydroxyl groups is 3. The lowest BCUT2D eigenvalue weighted by Gasteiger charge is -2.15. The van der Waals surface area contributed by atoms with E-state index in [1.807, 2.05) is 6.92 Å². The van der Waals surface area contributed by atoms with Gasteiger partial charge in [0.25, 0.3) is 10.1 Å². The van der Waals surface area contributed by atoms with Crippen LogP contribution in [0.15, 0.2) is 29.2 Å². The fourth-order valence-electron chi connectivity index (χ4n) is 1.83. The summed E-state index contributed by atoms with van der Waals surface area (Å²) in [6, 6.07) is 5.94. The average Bonchev–Trinajstić information content (AvgIpc) is 2.66. The van der Waals surface area contributed by atoms with Gasteiger partial charge in [-0.1, -0.05) is 17.7 Å². The van der Waals surface area contributed by atoms with E-state index in [-0.39, 0.29) is 4.90 Å². The zero-order chi connectivity index (χ0) is 14.9. The van der Waals surface area contributed by atoms with Crippen LogP contribution < -0.4 is 0 Å². The highest BCUT2D eigenvalue weighted by Crippen LogP contribution is 2.25. The van der Waals surface area contributed by atoms with Crippen molar-refractivity contribution in [3.8, 4) is 0 Å². The van der Waals surface area contributed by atoms with Crippen molar-refractivity contribution in [3.63, 3.8) is 0 Å². The zero-order valence-electron chi connectivity index (χ0n) is 10.7. The quantitative estimate of drug-likeness (QED) is 0.620. The Kier molecular flexibility index (Phi) is 4.43. The van der Waals surface area contributed by atoms with E-state index in [9.17, 15) is 18.6 Å². The van der Waals surface area contributed by atoms with Crippen LogP contribution in [0.5, 0.6) is 0 Å². The third-order valence-electron chi connectivity index (χ3n) is 3.03. The summed E-state index contributed by atoms with van der Waals surface area (Å²) in [5.74, 6) is 0. The Morgan fingerprint density at radius 1 is 1.20 bits per heavy atom. The molecule has 1 saturated heterocycles. The molecule has 1 aromatic carbocycles. The van der Waals surface area contributed by atoms with Gasteiger partial charge in [0.05, 0.1) is 11.5 Å². The summed E-state index contributed by atoms with van der Waals surface area (Å²) in [7, 11) is -4.13. The molecule has 1 aliphatic rings. The Hall–Kier alpha value is -1.03. The van der Waals surface area contributed by atoms with Gasteiger partial charge in [-0.3, -0.25) is 0 Å². The first-order chi connectivity index (χ1) is 9.35. The van der Waals surface area contributed by atoms with Gasteiger partial charge in [0.15, 0.2) is 0 Å². The lowest BCUT2D eigenvalue weighted by Crippen LogP contribution is -2.35. The fraction of sp³-hybridized carbons (Fsp3) is 0.500. The second kappa shape index (κ2) is 5.76. The van der Waals surface area contributed by atoms with Crippen molar-refractivity contribution in [2.75, 3.05) is 6.61 Å². The Morgan fingerprint density at radius 2 is 1.80 bits per heavy atom. The maximum absolute atomic E-state index is 12.0. The standard InChI is InChI=1S/C12H16O7S/c1-7-2-4-8(5-3-7)20(16,17)19-12-11(15)10(14)9(6-13)18-12/h2-5,9-15H,6H2,1H3/t9-,10+,11-,12?/m0/s1. The van der Waals surface area contributed by atoms with Crippen molar-refractivity contribution in [2.24, 2.45) is 0 Å². The van der Waals surface area contributed by atoms with E-state index in [2.05, 4.69) is 0 Å². The summed E-state index contributed by atoms with van der Waals surface area (Å²) in [5.41, 5.74) is 0.886. The molecule has 1 unspecified atom stereocenters. The molecule has 1 aromatic rings. The van der Waals surface area contributed by atoms with Gasteiger partial charge in [-0.05, 0) is 19.1 Å². The second-order valence-corrected chi connectivity index (χ2v) is 6.14. The summed E-state index contributed by atoms with van der Waals surface area (Å²) in [4.78, 5) is -0.0826. The highest BCUT2D eigenvalue weighted by molar-refractivity contribution is 7.86. The Labute approximate surface area is 116 Å². The van der Waals surface area contributed by atoms with E-state index in [0.29, 0.717) is 0 Å². The molecular weight excluding hydrogens is 288 g/mol. The minimum Gasteiger partial charge on any atom is -0.394 e. The van der Waals surface area contributed by atoms with Gasteiger partial charge < -0.3 is 20.1 Å². The molecule has 3 N–H and O–H groups in total. The fourth-order valence-corrected chi connectivity index (χ4v) is 2.82. The second-order valence-electron chi connectivity index (χ2n) is 4.57. The molecule has 0 radical (unpaired) electrons. The SMILES string of the molecule is Cc1ccc(S(=O)(=O)OC2O[C@@H](CO)[C@@H](O)[C@@H]2O)cc1. The molecule has 0 aliphatic carbocycles. The van der Waals surface area contributed by atoms with Crippen LogP contribution in [0.4, 0.5) is 0 Å². The third kappa shape index (κ3) is 3.00. The van der Waals surface area contributed by atoms with E-state index in [4.69, 9.17) is 14.0 Å². The third-order valence-corrected chi connectivity index (χ3v) is 4.32. The number of hydrogen-bond donors (Lipinski definition) is 3. The molecule has 0 saturated carbocycles. The lowest BCUT2D eigenvalue weighted by molar-refractivity contribution is -0.113. The summed E-state index contributed by atoms with van der Waals surface area (Å²) in [6.07, 6.45) is -5.58. The smallest absolute Gasteiger partial charge is 0.299 e. The van der Waals surface area contributed by atoms with Crippen molar-refractivity contribution in [1.82, 2.24) is 0 Å². The first-order valence-corrected chi connectivity index (χ1v) is 7.38. The van der Waals surface area contributed by atoms with Gasteiger partial charge >= 0.3 is 0 Å². The van der Waals surface area contributed by atoms with E-state index < -0.39 is 41.3 Å². The molecule has 1 aliphatic heterocycles. The maximum Gasteiger partial charge on any atom is 0.299 e. The monoisotopic (exact) mass is 304 g/mol. The molecular formula is C12H16O7S. The molecule has 4 atom stereocenters. The highest BCUT2D eigenvalue weighted by Gasteiger charge is 2.45. The largest absolute Gasteiger partial charge is 0.394 e. The van der Waals surface area contributed by atoms with Gasteiger partial charge in [0.2, 0.25) is 6.29 Å². The first kappa shape index (κ1) is 15.4. The number of aryl methyl sites for hydroxylation is 1. The predicted octanol–water partition coefficient (Wildman–Crippen LogP) is -0.861. The minimum atomic E-state index is -4.13. The van der Waals surface area contributed by atoms with Crippen LogP contribution in [0, 0.1) is 6.92 Å². The Bertz CT molecular complexity index is 554. The summed E-state index contributed by atoms with van der Waals surface area (Å²) in [6.45, 7) is 1.26. The number of rotatable bonds is 4. The molecule has 0 aromatic heterocycles. The molecule has 2 rings (SSSR count). The maximum atomic E-state index is 12.0. The summed E-state index contributed by atoms with van der Waals surface area (Å²) in [5, 5.41) is 28.1.